The molecule has 0 saturated heterocycles. The average Bonchev–Trinajstić information content (AvgIpc) is 3.39. The first kappa shape index (κ1) is 26.5. The van der Waals surface area contributed by atoms with Gasteiger partial charge in [-0.3, -0.25) is 4.79 Å². The molecule has 0 radical (unpaired) electrons. The van der Waals surface area contributed by atoms with Gasteiger partial charge in [-0.2, -0.15) is 5.26 Å². The number of rotatable bonds is 8. The number of hydrogen-bond acceptors (Lipinski definition) is 7. The first-order chi connectivity index (χ1) is 17.4. The summed E-state index contributed by atoms with van der Waals surface area (Å²) in [4.78, 5) is 14.0. The van der Waals surface area contributed by atoms with E-state index in [1.807, 2.05) is 37.5 Å². The number of thioether (sulfide) groups is 1. The third-order valence-corrected chi connectivity index (χ3v) is 9.03. The molecule has 0 fully saturated rings. The van der Waals surface area contributed by atoms with Crippen molar-refractivity contribution in [2.24, 2.45) is 0 Å². The topological polar surface area (TPSA) is 92.8 Å². The Labute approximate surface area is 225 Å². The maximum Gasteiger partial charge on any atom is 0.235 e. The average molecular weight is 544 g/mol. The Morgan fingerprint density at radius 1 is 1.22 bits per heavy atom. The molecule has 0 saturated carbocycles. The summed E-state index contributed by atoms with van der Waals surface area (Å²) in [6.07, 6.45) is 6.55. The number of carbonyl (C=O) groups excluding carboxylic acids is 1. The van der Waals surface area contributed by atoms with E-state index in [1.165, 1.54) is 29.5 Å². The first-order valence-corrected chi connectivity index (χ1v) is 14.4. The van der Waals surface area contributed by atoms with Crippen molar-refractivity contribution in [3.63, 3.8) is 0 Å². The van der Waals surface area contributed by atoms with E-state index in [1.54, 1.807) is 11.3 Å². The summed E-state index contributed by atoms with van der Waals surface area (Å²) in [7, 11) is 0. The smallest absolute Gasteiger partial charge is 0.235 e. The number of nitriles is 1. The Hall–Kier alpha value is -2.54. The Morgan fingerprint density at radius 3 is 2.64 bits per heavy atom. The number of thiophene rings is 1. The third kappa shape index (κ3) is 6.05. The van der Waals surface area contributed by atoms with Crippen molar-refractivity contribution >= 4 is 45.6 Å². The van der Waals surface area contributed by atoms with E-state index in [2.05, 4.69) is 21.6 Å². The van der Waals surface area contributed by atoms with E-state index in [0.717, 1.165) is 53.1 Å². The summed E-state index contributed by atoms with van der Waals surface area (Å²) in [6.45, 7) is 6.83. The Kier molecular flexibility index (Phi) is 8.94. The minimum Gasteiger partial charge on any atom is -0.486 e. The highest BCUT2D eigenvalue weighted by molar-refractivity contribution is 7.99. The quantitative estimate of drug-likeness (QED) is 0.327. The zero-order valence-corrected chi connectivity index (χ0v) is 23.2. The number of aryl methyl sites for hydroxylation is 3. The van der Waals surface area contributed by atoms with Gasteiger partial charge in [0.1, 0.15) is 23.4 Å². The van der Waals surface area contributed by atoms with Crippen LogP contribution >= 0.6 is 34.7 Å². The van der Waals surface area contributed by atoms with Gasteiger partial charge >= 0.3 is 0 Å². The minimum atomic E-state index is -0.152. The molecule has 1 aliphatic carbocycles. The van der Waals surface area contributed by atoms with Crippen LogP contribution in [-0.2, 0) is 30.8 Å². The van der Waals surface area contributed by atoms with Gasteiger partial charge in [0.25, 0.3) is 0 Å². The molecule has 0 spiro atoms. The van der Waals surface area contributed by atoms with Crippen LogP contribution in [0.15, 0.2) is 17.3 Å². The predicted molar refractivity (Wildman–Crippen MR) is 145 cm³/mol. The predicted octanol–water partition coefficient (Wildman–Crippen LogP) is 6.47. The summed E-state index contributed by atoms with van der Waals surface area (Å²) in [5.41, 5.74) is 3.69. The summed E-state index contributed by atoms with van der Waals surface area (Å²) in [6, 6.07) is 6.14. The summed E-state index contributed by atoms with van der Waals surface area (Å²) in [5, 5.41) is 23.4. The number of ether oxygens (including phenoxy) is 1. The number of aromatic nitrogens is 3. The van der Waals surface area contributed by atoms with Crippen LogP contribution in [-0.4, -0.2) is 26.4 Å². The minimum absolute atomic E-state index is 0.152. The lowest BCUT2D eigenvalue weighted by Crippen LogP contribution is -2.15. The lowest BCUT2D eigenvalue weighted by molar-refractivity contribution is -0.113. The fourth-order valence-corrected chi connectivity index (χ4v) is 6.59. The summed E-state index contributed by atoms with van der Waals surface area (Å²) in [5.74, 6) is 1.45. The Morgan fingerprint density at radius 2 is 1.94 bits per heavy atom. The highest BCUT2D eigenvalue weighted by atomic mass is 35.5. The summed E-state index contributed by atoms with van der Waals surface area (Å²) < 4.78 is 7.90. The number of anilines is 1. The van der Waals surface area contributed by atoms with Gasteiger partial charge in [-0.1, -0.05) is 36.2 Å². The second-order valence-corrected chi connectivity index (χ2v) is 11.3. The molecule has 1 aromatic carbocycles. The second kappa shape index (κ2) is 12.1. The molecular formula is C26H30ClN5O2S2. The standard InChI is InChI=1S/C26H30ClN5O2S2/c1-4-32-22(14-34-18-11-16(2)24(27)17(3)12-18)30-31-26(32)35-15-23(33)29-25-20(13-28)19-9-7-5-6-8-10-21(19)36-25/h11-12H,4-10,14-15H2,1-3H3,(H,29,33). The molecular weight excluding hydrogens is 514 g/mol. The number of amides is 1. The van der Waals surface area contributed by atoms with E-state index >= 15 is 0 Å². The Bertz CT molecular complexity index is 1270. The normalized spacial score (nSPS) is 13.4. The monoisotopic (exact) mass is 543 g/mol. The van der Waals surface area contributed by atoms with Crippen LogP contribution in [0.1, 0.15) is 65.6 Å². The van der Waals surface area contributed by atoms with Gasteiger partial charge in [0, 0.05) is 16.4 Å². The third-order valence-electron chi connectivity index (χ3n) is 6.26. The lowest BCUT2D eigenvalue weighted by atomic mass is 9.97. The molecule has 0 unspecified atom stereocenters. The van der Waals surface area contributed by atoms with Crippen molar-refractivity contribution in [2.75, 3.05) is 11.1 Å². The van der Waals surface area contributed by atoms with Crippen LogP contribution in [0.4, 0.5) is 5.00 Å². The van der Waals surface area contributed by atoms with Crippen molar-refractivity contribution in [2.45, 2.75) is 77.6 Å². The maximum absolute atomic E-state index is 12.8. The fourth-order valence-electron chi connectivity index (χ4n) is 4.41. The van der Waals surface area contributed by atoms with Gasteiger partial charge in [0.05, 0.1) is 11.3 Å². The number of nitrogens with one attached hydrogen (secondary N) is 1. The van der Waals surface area contributed by atoms with Crippen LogP contribution in [0.5, 0.6) is 5.75 Å². The highest BCUT2D eigenvalue weighted by Crippen LogP contribution is 2.36. The molecule has 1 amide bonds. The Balaban J connectivity index is 1.38. The van der Waals surface area contributed by atoms with Crippen LogP contribution in [0, 0.1) is 25.2 Å². The number of carbonyl (C=O) groups is 1. The van der Waals surface area contributed by atoms with E-state index < -0.39 is 0 Å². The summed E-state index contributed by atoms with van der Waals surface area (Å²) >= 11 is 9.14. The van der Waals surface area contributed by atoms with Crippen molar-refractivity contribution < 1.29 is 9.53 Å². The van der Waals surface area contributed by atoms with Crippen LogP contribution in [0.25, 0.3) is 0 Å². The van der Waals surface area contributed by atoms with Gasteiger partial charge in [0.2, 0.25) is 5.91 Å². The van der Waals surface area contributed by atoms with Crippen molar-refractivity contribution in [3.05, 3.63) is 50.1 Å². The molecule has 10 heteroatoms. The zero-order chi connectivity index (χ0) is 25.7. The van der Waals surface area contributed by atoms with Crippen LogP contribution in [0.2, 0.25) is 5.02 Å². The van der Waals surface area contributed by atoms with Gasteiger partial charge in [0.15, 0.2) is 11.0 Å². The molecule has 4 rings (SSSR count). The molecule has 2 aromatic heterocycles. The number of hydrogen-bond donors (Lipinski definition) is 1. The molecule has 1 aliphatic rings. The molecule has 2 heterocycles. The molecule has 7 nitrogen and oxygen atoms in total. The van der Waals surface area contributed by atoms with E-state index in [9.17, 15) is 10.1 Å². The lowest BCUT2D eigenvalue weighted by Gasteiger charge is -2.11. The first-order valence-electron chi connectivity index (χ1n) is 12.2. The van der Waals surface area contributed by atoms with Crippen molar-refractivity contribution in [1.29, 1.82) is 5.26 Å². The number of halogens is 1. The maximum atomic E-state index is 12.8. The molecule has 190 valence electrons. The van der Waals surface area contributed by atoms with Gasteiger partial charge in [-0.15, -0.1) is 21.5 Å². The molecule has 0 bridgehead atoms. The van der Waals surface area contributed by atoms with Crippen LogP contribution in [0.3, 0.4) is 0 Å². The second-order valence-electron chi connectivity index (χ2n) is 8.87. The SMILES string of the molecule is CCn1c(COc2cc(C)c(Cl)c(C)c2)nnc1SCC(=O)Nc1sc2c(c1C#N)CCCCCC2. The molecule has 36 heavy (non-hydrogen) atoms. The van der Waals surface area contributed by atoms with Crippen molar-refractivity contribution in [3.8, 4) is 11.8 Å². The number of fused-ring (bicyclic) bond motifs is 1. The molecule has 1 N–H and O–H groups in total. The fraction of sp³-hybridized carbons (Fsp3) is 0.462. The zero-order valence-electron chi connectivity index (χ0n) is 20.8. The number of nitrogens with zero attached hydrogens (tertiary/aromatic N) is 4. The van der Waals surface area contributed by atoms with Gasteiger partial charge < -0.3 is 14.6 Å². The molecule has 0 aliphatic heterocycles. The van der Waals surface area contributed by atoms with Crippen molar-refractivity contribution in [1.82, 2.24) is 14.8 Å². The molecule has 0 atom stereocenters. The highest BCUT2D eigenvalue weighted by Gasteiger charge is 2.21. The largest absolute Gasteiger partial charge is 0.486 e. The van der Waals surface area contributed by atoms with Gasteiger partial charge in [-0.05, 0) is 75.3 Å². The number of benzene rings is 1. The van der Waals surface area contributed by atoms with E-state index in [-0.39, 0.29) is 18.3 Å². The van der Waals surface area contributed by atoms with Crippen LogP contribution < -0.4 is 10.1 Å². The van der Waals surface area contributed by atoms with E-state index in [0.29, 0.717) is 28.1 Å². The molecule has 3 aromatic rings. The van der Waals surface area contributed by atoms with E-state index in [4.69, 9.17) is 16.3 Å². The van der Waals surface area contributed by atoms with Gasteiger partial charge in [-0.25, -0.2) is 0 Å².